The number of fused-ring (bicyclic) bond motifs is 5. The molecule has 0 aliphatic heterocycles. The average Bonchev–Trinajstić information content (AvgIpc) is 3.00. The van der Waals surface area contributed by atoms with Crippen LogP contribution >= 0.6 is 11.6 Å². The second kappa shape index (κ2) is 7.36. The average molecular weight is 443 g/mol. The molecular formula is C23H32ClFO5. The number of carbonyl (C=O) groups excluding carboxylic acids is 2. The smallest absolute Gasteiger partial charge is 0.196 e. The third kappa shape index (κ3) is 2.63. The van der Waals surface area contributed by atoms with E-state index in [4.69, 9.17) is 21.1 Å². The predicted octanol–water partition coefficient (Wildman–Crippen LogP) is 3.75. The highest BCUT2D eigenvalue weighted by atomic mass is 35.5. The van der Waals surface area contributed by atoms with Crippen molar-refractivity contribution < 1.29 is 28.6 Å². The number of methoxy groups -OCH3 is 1. The van der Waals surface area contributed by atoms with Crippen LogP contribution in [0.15, 0.2) is 11.6 Å². The van der Waals surface area contributed by atoms with E-state index in [9.17, 15) is 19.1 Å². The van der Waals surface area contributed by atoms with Crippen molar-refractivity contribution >= 4 is 23.2 Å². The highest BCUT2D eigenvalue weighted by molar-refractivity contribution is 6.26. The van der Waals surface area contributed by atoms with Crippen LogP contribution in [0.3, 0.4) is 0 Å². The number of aliphatic hydroxyl groups excluding tert-OH is 1. The first-order chi connectivity index (χ1) is 14.1. The van der Waals surface area contributed by atoms with E-state index in [-0.39, 0.29) is 30.8 Å². The molecule has 4 rings (SSSR count). The molecule has 1 N–H and O–H groups in total. The Hall–Kier alpha value is -0.820. The molecule has 1 unspecified atom stereocenters. The van der Waals surface area contributed by atoms with Crippen LogP contribution < -0.4 is 0 Å². The Morgan fingerprint density at radius 3 is 2.67 bits per heavy atom. The molecule has 0 spiro atoms. The van der Waals surface area contributed by atoms with Gasteiger partial charge in [-0.15, -0.1) is 11.6 Å². The summed E-state index contributed by atoms with van der Waals surface area (Å²) in [4.78, 5) is 24.0. The lowest BCUT2D eigenvalue weighted by Gasteiger charge is -2.65. The summed E-state index contributed by atoms with van der Waals surface area (Å²) in [5.41, 5.74) is -1.50. The third-order valence-electron chi connectivity index (χ3n) is 9.16. The quantitative estimate of drug-likeness (QED) is 0.518. The van der Waals surface area contributed by atoms with Gasteiger partial charge in [0.2, 0.25) is 0 Å². The van der Waals surface area contributed by atoms with Crippen molar-refractivity contribution in [3.05, 3.63) is 11.6 Å². The second-order valence-corrected chi connectivity index (χ2v) is 10.7. The number of carbonyl (C=O) groups is 2. The fraction of sp³-hybridized carbons (Fsp3) is 0.826. The van der Waals surface area contributed by atoms with Crippen LogP contribution in [0.2, 0.25) is 0 Å². The first-order valence-electron chi connectivity index (χ1n) is 10.9. The van der Waals surface area contributed by atoms with Crippen molar-refractivity contribution in [1.29, 1.82) is 0 Å². The normalized spacial score (nSPS) is 47.9. The molecule has 0 saturated heterocycles. The maximum absolute atomic E-state index is 13.7. The van der Waals surface area contributed by atoms with Gasteiger partial charge >= 0.3 is 0 Å². The molecule has 168 valence electrons. The van der Waals surface area contributed by atoms with Crippen molar-refractivity contribution in [1.82, 2.24) is 0 Å². The molecule has 3 saturated carbocycles. The lowest BCUT2D eigenvalue weighted by molar-refractivity contribution is -0.211. The molecule has 0 aromatic heterocycles. The van der Waals surface area contributed by atoms with Gasteiger partial charge in [0.05, 0.1) is 11.0 Å². The van der Waals surface area contributed by atoms with Crippen LogP contribution in [0, 0.1) is 22.7 Å². The first-order valence-corrected chi connectivity index (χ1v) is 11.3. The Labute approximate surface area is 182 Å². The summed E-state index contributed by atoms with van der Waals surface area (Å²) in [6.07, 6.45) is 4.71. The van der Waals surface area contributed by atoms with Crippen molar-refractivity contribution in [3.8, 4) is 0 Å². The molecule has 30 heavy (non-hydrogen) atoms. The summed E-state index contributed by atoms with van der Waals surface area (Å²) in [5.74, 6) is -0.493. The summed E-state index contributed by atoms with van der Waals surface area (Å²) in [6.45, 7) is 2.82. The van der Waals surface area contributed by atoms with E-state index in [1.54, 1.807) is 6.08 Å². The molecule has 5 nitrogen and oxygen atoms in total. The Morgan fingerprint density at radius 1 is 1.27 bits per heavy atom. The molecule has 4 aliphatic carbocycles. The molecule has 0 bridgehead atoms. The van der Waals surface area contributed by atoms with E-state index >= 15 is 0 Å². The van der Waals surface area contributed by atoms with E-state index in [1.165, 1.54) is 7.11 Å². The Bertz CT molecular complexity index is 786. The van der Waals surface area contributed by atoms with E-state index in [2.05, 4.69) is 6.92 Å². The molecule has 7 atom stereocenters. The third-order valence-corrected chi connectivity index (χ3v) is 10.1. The summed E-state index contributed by atoms with van der Waals surface area (Å²) < 4.78 is 24.7. The minimum absolute atomic E-state index is 0.0155. The van der Waals surface area contributed by atoms with E-state index < -0.39 is 39.9 Å². The number of ether oxygens (including phenoxy) is 2. The van der Waals surface area contributed by atoms with E-state index in [0.29, 0.717) is 25.7 Å². The van der Waals surface area contributed by atoms with E-state index in [1.807, 2.05) is 6.92 Å². The van der Waals surface area contributed by atoms with Gasteiger partial charge in [-0.05, 0) is 56.4 Å². The van der Waals surface area contributed by atoms with Gasteiger partial charge in [-0.2, -0.15) is 0 Å². The number of hydrogen-bond donors (Lipinski definition) is 1. The van der Waals surface area contributed by atoms with Gasteiger partial charge in [-0.25, -0.2) is 4.39 Å². The number of halogens is 2. The molecule has 3 fully saturated rings. The zero-order chi connectivity index (χ0) is 21.9. The van der Waals surface area contributed by atoms with Gasteiger partial charge in [0.15, 0.2) is 18.2 Å². The van der Waals surface area contributed by atoms with Gasteiger partial charge in [-0.1, -0.05) is 19.4 Å². The topological polar surface area (TPSA) is 72.8 Å². The highest BCUT2D eigenvalue weighted by Crippen LogP contribution is 2.71. The second-order valence-electron chi connectivity index (χ2n) is 10.1. The van der Waals surface area contributed by atoms with Gasteiger partial charge in [0.25, 0.3) is 0 Å². The Balaban J connectivity index is 1.78. The zero-order valence-electron chi connectivity index (χ0n) is 18.0. The first kappa shape index (κ1) is 22.4. The van der Waals surface area contributed by atoms with Crippen LogP contribution in [0.5, 0.6) is 0 Å². The number of hydrogen-bond acceptors (Lipinski definition) is 5. The van der Waals surface area contributed by atoms with Crippen LogP contribution in [0.4, 0.5) is 4.39 Å². The predicted molar refractivity (Wildman–Crippen MR) is 110 cm³/mol. The van der Waals surface area contributed by atoms with Gasteiger partial charge in [-0.3, -0.25) is 9.59 Å². The van der Waals surface area contributed by atoms with Crippen molar-refractivity contribution in [2.75, 3.05) is 20.6 Å². The van der Waals surface area contributed by atoms with Gasteiger partial charge in [0, 0.05) is 24.4 Å². The maximum Gasteiger partial charge on any atom is 0.196 e. The maximum atomic E-state index is 13.7. The fourth-order valence-electron chi connectivity index (χ4n) is 7.60. The molecule has 7 heteroatoms. The Kier molecular flexibility index (Phi) is 5.49. The van der Waals surface area contributed by atoms with Crippen LogP contribution in [0.25, 0.3) is 0 Å². The van der Waals surface area contributed by atoms with Crippen LogP contribution in [-0.4, -0.2) is 53.8 Å². The van der Waals surface area contributed by atoms with Gasteiger partial charge < -0.3 is 14.6 Å². The molecular weight excluding hydrogens is 411 g/mol. The number of rotatable bonds is 5. The summed E-state index contributed by atoms with van der Waals surface area (Å²) >= 11 is 7.40. The molecule has 0 amide bonds. The summed E-state index contributed by atoms with van der Waals surface area (Å²) in [7, 11) is 1.47. The number of allylic oxidation sites excluding steroid dienone is 1. The number of ketones is 2. The van der Waals surface area contributed by atoms with Crippen LogP contribution in [-0.2, 0) is 19.1 Å². The summed E-state index contributed by atoms with van der Waals surface area (Å²) in [6, 6.07) is 0. The Morgan fingerprint density at radius 2 is 2.00 bits per heavy atom. The SMILES string of the molecule is COCO[C@]1(C(=O)CF)CC[C@H]2[C@@H]3CCC4=CC(=O)CC[C@]4(C)[C@@]3(Cl)C(O)C[C@@]21C. The van der Waals surface area contributed by atoms with Crippen LogP contribution in [0.1, 0.15) is 58.8 Å². The molecule has 0 aromatic rings. The standard InChI is InChI=1S/C23H32ClFO5/c1-20-8-6-15(26)10-14(20)4-5-17-16-7-9-22(19(28)12-25,30-13-29-3)21(16,2)11-18(27)23(17,20)24/h10,16-18,27H,4-9,11-13H2,1-3H3/t16-,17-,18?,20-,21-,22-,23-/m0/s1. The molecule has 0 aromatic carbocycles. The zero-order valence-corrected chi connectivity index (χ0v) is 18.8. The minimum atomic E-state index is -1.32. The van der Waals surface area contributed by atoms with Crippen molar-refractivity contribution in [2.24, 2.45) is 22.7 Å². The lowest BCUT2D eigenvalue weighted by Crippen LogP contribution is -2.69. The van der Waals surface area contributed by atoms with Gasteiger partial charge in [0.1, 0.15) is 12.4 Å². The molecule has 0 heterocycles. The number of Topliss-reactive ketones (excluding diaryl/α,β-unsaturated/α-hetero) is 1. The highest BCUT2D eigenvalue weighted by Gasteiger charge is 2.73. The minimum Gasteiger partial charge on any atom is -0.391 e. The summed E-state index contributed by atoms with van der Waals surface area (Å²) in [5, 5.41) is 11.5. The number of alkyl halides is 2. The molecule has 4 aliphatic rings. The molecule has 0 radical (unpaired) electrons. The van der Waals surface area contributed by atoms with Crippen molar-refractivity contribution in [3.63, 3.8) is 0 Å². The fourth-order valence-corrected chi connectivity index (χ4v) is 8.16. The largest absolute Gasteiger partial charge is 0.391 e. The number of aliphatic hydroxyl groups is 1. The monoisotopic (exact) mass is 442 g/mol. The van der Waals surface area contributed by atoms with E-state index in [0.717, 1.165) is 18.4 Å². The van der Waals surface area contributed by atoms with Crippen molar-refractivity contribution in [2.45, 2.75) is 75.4 Å². The lowest BCUT2D eigenvalue weighted by atomic mass is 9.45.